The zero-order valence-corrected chi connectivity index (χ0v) is 9.56. The summed E-state index contributed by atoms with van der Waals surface area (Å²) in [5.74, 6) is -0.243. The number of aliphatic carboxylic acids is 1. The van der Waals surface area contributed by atoms with Crippen LogP contribution in [0.2, 0.25) is 0 Å². The number of anilines is 1. The maximum absolute atomic E-state index is 10.2. The molecule has 0 fully saturated rings. The SMILES string of the molecule is CN(C)c1nnc(SCCC(=O)O)s1. The minimum atomic E-state index is -0.783. The highest BCUT2D eigenvalue weighted by atomic mass is 32.2. The van der Waals surface area contributed by atoms with Crippen LogP contribution in [0, 0.1) is 0 Å². The summed E-state index contributed by atoms with van der Waals surface area (Å²) < 4.78 is 0.815. The van der Waals surface area contributed by atoms with Crippen molar-refractivity contribution in [3.8, 4) is 0 Å². The quantitative estimate of drug-likeness (QED) is 0.770. The van der Waals surface area contributed by atoms with Gasteiger partial charge in [-0.15, -0.1) is 10.2 Å². The Bertz CT molecular complexity index is 314. The molecule has 0 aliphatic rings. The van der Waals surface area contributed by atoms with Crippen molar-refractivity contribution in [2.45, 2.75) is 10.8 Å². The summed E-state index contributed by atoms with van der Waals surface area (Å²) in [7, 11) is 3.79. The maximum atomic E-state index is 10.2. The van der Waals surface area contributed by atoms with E-state index in [1.165, 1.54) is 23.1 Å². The average molecular weight is 233 g/mol. The topological polar surface area (TPSA) is 66.3 Å². The maximum Gasteiger partial charge on any atom is 0.304 e. The van der Waals surface area contributed by atoms with E-state index in [2.05, 4.69) is 10.2 Å². The van der Waals surface area contributed by atoms with Crippen molar-refractivity contribution in [3.63, 3.8) is 0 Å². The second-order valence-electron chi connectivity index (χ2n) is 2.74. The van der Waals surface area contributed by atoms with E-state index < -0.39 is 5.97 Å². The van der Waals surface area contributed by atoms with Crippen molar-refractivity contribution in [2.24, 2.45) is 0 Å². The van der Waals surface area contributed by atoms with Crippen molar-refractivity contribution < 1.29 is 9.90 Å². The monoisotopic (exact) mass is 233 g/mol. The fourth-order valence-corrected chi connectivity index (χ4v) is 2.43. The molecule has 0 aromatic carbocycles. The number of nitrogens with zero attached hydrogens (tertiary/aromatic N) is 3. The lowest BCUT2D eigenvalue weighted by Gasteiger charge is -2.03. The van der Waals surface area contributed by atoms with Crippen LogP contribution >= 0.6 is 23.1 Å². The van der Waals surface area contributed by atoms with Gasteiger partial charge in [-0.05, 0) is 0 Å². The summed E-state index contributed by atoms with van der Waals surface area (Å²) >= 11 is 2.89. The van der Waals surface area contributed by atoms with E-state index in [0.29, 0.717) is 5.75 Å². The van der Waals surface area contributed by atoms with Crippen molar-refractivity contribution in [1.82, 2.24) is 10.2 Å². The van der Waals surface area contributed by atoms with Gasteiger partial charge in [0.25, 0.3) is 0 Å². The van der Waals surface area contributed by atoms with E-state index in [1.54, 1.807) is 0 Å². The largest absolute Gasteiger partial charge is 0.481 e. The molecule has 0 saturated carbocycles. The summed E-state index contributed by atoms with van der Waals surface area (Å²) in [5, 5.41) is 17.1. The minimum Gasteiger partial charge on any atom is -0.481 e. The Balaban J connectivity index is 2.40. The first-order valence-electron chi connectivity index (χ1n) is 3.95. The smallest absolute Gasteiger partial charge is 0.304 e. The Hall–Kier alpha value is -0.820. The van der Waals surface area contributed by atoms with Gasteiger partial charge in [-0.2, -0.15) is 0 Å². The second-order valence-corrected chi connectivity index (χ2v) is 5.04. The first kappa shape index (κ1) is 11.3. The predicted octanol–water partition coefficient (Wildman–Crippen LogP) is 1.17. The van der Waals surface area contributed by atoms with E-state index in [9.17, 15) is 4.79 Å². The van der Waals surface area contributed by atoms with E-state index in [-0.39, 0.29) is 6.42 Å². The van der Waals surface area contributed by atoms with Crippen LogP contribution in [0.3, 0.4) is 0 Å². The molecule has 78 valence electrons. The Labute approximate surface area is 90.1 Å². The fraction of sp³-hybridized carbons (Fsp3) is 0.571. The fourth-order valence-electron chi connectivity index (χ4n) is 0.667. The first-order chi connectivity index (χ1) is 6.59. The van der Waals surface area contributed by atoms with Gasteiger partial charge >= 0.3 is 5.97 Å². The number of carboxylic acids is 1. The molecule has 14 heavy (non-hydrogen) atoms. The number of rotatable bonds is 5. The molecule has 5 nitrogen and oxygen atoms in total. The number of hydrogen-bond acceptors (Lipinski definition) is 6. The molecule has 1 N–H and O–H groups in total. The van der Waals surface area contributed by atoms with Crippen LogP contribution in [0.15, 0.2) is 4.34 Å². The molecular formula is C7H11N3O2S2. The van der Waals surface area contributed by atoms with Gasteiger partial charge in [0.05, 0.1) is 6.42 Å². The molecule has 0 amide bonds. The third kappa shape index (κ3) is 3.51. The summed E-state index contributed by atoms with van der Waals surface area (Å²) in [4.78, 5) is 12.1. The van der Waals surface area contributed by atoms with Gasteiger partial charge in [-0.1, -0.05) is 23.1 Å². The van der Waals surface area contributed by atoms with Gasteiger partial charge < -0.3 is 10.0 Å². The van der Waals surface area contributed by atoms with Crippen LogP contribution in [0.5, 0.6) is 0 Å². The summed E-state index contributed by atoms with van der Waals surface area (Å²) in [5.41, 5.74) is 0. The van der Waals surface area contributed by atoms with Gasteiger partial charge in [0.15, 0.2) is 4.34 Å². The molecule has 0 atom stereocenters. The molecule has 1 aromatic heterocycles. The second kappa shape index (κ2) is 5.16. The van der Waals surface area contributed by atoms with Crippen LogP contribution in [-0.4, -0.2) is 41.1 Å². The molecule has 0 aliphatic heterocycles. The Morgan fingerprint density at radius 1 is 1.57 bits per heavy atom. The molecule has 0 spiro atoms. The van der Waals surface area contributed by atoms with E-state index >= 15 is 0 Å². The summed E-state index contributed by atoms with van der Waals surface area (Å²) in [6, 6.07) is 0. The van der Waals surface area contributed by atoms with Crippen LogP contribution in [0.1, 0.15) is 6.42 Å². The van der Waals surface area contributed by atoms with Crippen molar-refractivity contribution in [1.29, 1.82) is 0 Å². The molecule has 0 bridgehead atoms. The number of aromatic nitrogens is 2. The number of carboxylic acid groups (broad SMARTS) is 1. The van der Waals surface area contributed by atoms with Crippen LogP contribution in [-0.2, 0) is 4.79 Å². The molecular weight excluding hydrogens is 222 g/mol. The minimum absolute atomic E-state index is 0.154. The van der Waals surface area contributed by atoms with Gasteiger partial charge in [0.1, 0.15) is 0 Å². The Morgan fingerprint density at radius 2 is 2.29 bits per heavy atom. The molecule has 0 aliphatic carbocycles. The molecule has 1 rings (SSSR count). The van der Waals surface area contributed by atoms with Gasteiger partial charge in [0.2, 0.25) is 5.13 Å². The molecule has 0 unspecified atom stereocenters. The van der Waals surface area contributed by atoms with E-state index in [0.717, 1.165) is 9.47 Å². The third-order valence-corrected chi connectivity index (χ3v) is 3.55. The standard InChI is InChI=1S/C7H11N3O2S2/c1-10(2)6-8-9-7(14-6)13-4-3-5(11)12/h3-4H2,1-2H3,(H,11,12). The molecule has 0 saturated heterocycles. The zero-order chi connectivity index (χ0) is 10.6. The first-order valence-corrected chi connectivity index (χ1v) is 5.75. The highest BCUT2D eigenvalue weighted by Gasteiger charge is 2.06. The zero-order valence-electron chi connectivity index (χ0n) is 7.93. The average Bonchev–Trinajstić information content (AvgIpc) is 2.52. The molecule has 0 radical (unpaired) electrons. The number of carbonyl (C=O) groups is 1. The third-order valence-electron chi connectivity index (χ3n) is 1.32. The predicted molar refractivity (Wildman–Crippen MR) is 57.2 cm³/mol. The van der Waals surface area contributed by atoms with Crippen LogP contribution in [0.4, 0.5) is 5.13 Å². The lowest BCUT2D eigenvalue weighted by molar-refractivity contribution is -0.136. The molecule has 1 heterocycles. The summed E-state index contributed by atoms with van der Waals surface area (Å²) in [6.45, 7) is 0. The highest BCUT2D eigenvalue weighted by Crippen LogP contribution is 2.26. The normalized spacial score (nSPS) is 10.1. The van der Waals surface area contributed by atoms with Crippen molar-refractivity contribution in [3.05, 3.63) is 0 Å². The Morgan fingerprint density at radius 3 is 2.79 bits per heavy atom. The number of hydrogen-bond donors (Lipinski definition) is 1. The van der Waals surface area contributed by atoms with Gasteiger partial charge in [0, 0.05) is 19.8 Å². The molecule has 7 heteroatoms. The van der Waals surface area contributed by atoms with Crippen molar-refractivity contribution >= 4 is 34.2 Å². The Kier molecular flexibility index (Phi) is 4.15. The van der Waals surface area contributed by atoms with Gasteiger partial charge in [-0.25, -0.2) is 0 Å². The van der Waals surface area contributed by atoms with E-state index in [4.69, 9.17) is 5.11 Å². The van der Waals surface area contributed by atoms with Gasteiger partial charge in [-0.3, -0.25) is 4.79 Å². The highest BCUT2D eigenvalue weighted by molar-refractivity contribution is 8.01. The van der Waals surface area contributed by atoms with Crippen molar-refractivity contribution in [2.75, 3.05) is 24.7 Å². The lowest BCUT2D eigenvalue weighted by atomic mass is 10.5. The van der Waals surface area contributed by atoms with Crippen LogP contribution < -0.4 is 4.90 Å². The molecule has 1 aromatic rings. The summed E-state index contributed by atoms with van der Waals surface area (Å²) in [6.07, 6.45) is 0.154. The van der Waals surface area contributed by atoms with E-state index in [1.807, 2.05) is 19.0 Å². The lowest BCUT2D eigenvalue weighted by Crippen LogP contribution is -2.07. The van der Waals surface area contributed by atoms with Crippen LogP contribution in [0.25, 0.3) is 0 Å². The number of thioether (sulfide) groups is 1.